The van der Waals surface area contributed by atoms with Crippen LogP contribution in [0.1, 0.15) is 84.2 Å². The van der Waals surface area contributed by atoms with Crippen molar-refractivity contribution in [2.45, 2.75) is 69.3 Å². The van der Waals surface area contributed by atoms with E-state index in [2.05, 4.69) is 9.97 Å². The summed E-state index contributed by atoms with van der Waals surface area (Å²) in [5.74, 6) is -1.70. The molecule has 1 N–H and O–H groups in total. The average Bonchev–Trinajstić information content (AvgIpc) is 3.37. The van der Waals surface area contributed by atoms with Crippen LogP contribution in [0.15, 0.2) is 30.7 Å². The number of amides is 1. The van der Waals surface area contributed by atoms with Crippen LogP contribution >= 0.6 is 0 Å². The van der Waals surface area contributed by atoms with Crippen molar-refractivity contribution < 1.29 is 36.2 Å². The Morgan fingerprint density at radius 1 is 0.950 bits per heavy atom. The first-order chi connectivity index (χ1) is 18.8. The van der Waals surface area contributed by atoms with Gasteiger partial charge in [0.1, 0.15) is 5.60 Å². The Labute approximate surface area is 227 Å². The summed E-state index contributed by atoms with van der Waals surface area (Å²) in [6, 6.07) is 3.44. The lowest BCUT2D eigenvalue weighted by molar-refractivity contribution is -0.145. The molecule has 2 aliphatic rings. The van der Waals surface area contributed by atoms with E-state index < -0.39 is 51.6 Å². The first kappa shape index (κ1) is 28.4. The molecule has 1 unspecified atom stereocenters. The summed E-state index contributed by atoms with van der Waals surface area (Å²) in [5.41, 5.74) is -6.91. The third kappa shape index (κ3) is 4.95. The van der Waals surface area contributed by atoms with Gasteiger partial charge in [-0.05, 0) is 55.7 Å². The molecule has 1 aliphatic carbocycles. The minimum Gasteiger partial charge on any atom is -0.378 e. The van der Waals surface area contributed by atoms with Crippen molar-refractivity contribution in [1.29, 1.82) is 0 Å². The van der Waals surface area contributed by atoms with E-state index in [4.69, 9.17) is 0 Å². The fourth-order valence-corrected chi connectivity index (χ4v) is 6.30. The molecule has 1 saturated carbocycles. The number of carbonyl (C=O) groups is 1. The summed E-state index contributed by atoms with van der Waals surface area (Å²) in [6.45, 7) is 0.126. The maximum atomic E-state index is 14.8. The molecular weight excluding hydrogens is 538 g/mol. The molecule has 12 heteroatoms. The highest BCUT2D eigenvalue weighted by Gasteiger charge is 2.48. The Hall–Kier alpha value is -3.15. The number of halogens is 6. The van der Waals surface area contributed by atoms with E-state index in [0.29, 0.717) is 31.4 Å². The number of rotatable bonds is 4. The minimum absolute atomic E-state index is 0.0629. The molecule has 2 aromatic heterocycles. The first-order valence-corrected chi connectivity index (χ1v) is 13.4. The number of imidazole rings is 1. The standard InChI is InChI=1S/C28H30F6N4O2/c1-37-16-35-15-21(37)26(40,17-8-4-2-5-9-17)18-10-11-20-19(14-18)23(27(29,30)31)22(24(36-20)28(32,33)34)25(39)38-12-6-3-7-13-38/h10-11,14-17,40H,2-9,12-13H2,1H3. The summed E-state index contributed by atoms with van der Waals surface area (Å²) in [5, 5.41) is 11.6. The second-order valence-electron chi connectivity index (χ2n) is 10.8. The SMILES string of the molecule is Cn1cncc1C(O)(c1ccc2nc(C(F)(F)F)c(C(=O)N3CCCCC3)c(C(F)(F)F)c2c1)C1CCCCC1. The van der Waals surface area contributed by atoms with E-state index in [1.54, 1.807) is 11.6 Å². The molecule has 40 heavy (non-hydrogen) atoms. The molecule has 5 rings (SSSR count). The quantitative estimate of drug-likeness (QED) is 0.368. The van der Waals surface area contributed by atoms with Crippen LogP contribution in [-0.4, -0.2) is 43.5 Å². The van der Waals surface area contributed by atoms with Crippen LogP contribution < -0.4 is 0 Å². The van der Waals surface area contributed by atoms with Gasteiger partial charge in [0, 0.05) is 25.5 Å². The molecule has 0 spiro atoms. The number of fused-ring (bicyclic) bond motifs is 1. The molecule has 1 aliphatic heterocycles. The number of aromatic nitrogens is 3. The van der Waals surface area contributed by atoms with E-state index >= 15 is 0 Å². The number of benzene rings is 1. The van der Waals surface area contributed by atoms with Crippen molar-refractivity contribution in [1.82, 2.24) is 19.4 Å². The fraction of sp³-hybridized carbons (Fsp3) is 0.536. The third-order valence-electron chi connectivity index (χ3n) is 8.24. The predicted molar refractivity (Wildman–Crippen MR) is 134 cm³/mol. The van der Waals surface area contributed by atoms with Crippen LogP contribution in [0.25, 0.3) is 10.9 Å². The molecule has 3 aromatic rings. The molecule has 6 nitrogen and oxygen atoms in total. The topological polar surface area (TPSA) is 71.2 Å². The molecular formula is C28H30F6N4O2. The number of nitrogens with zero attached hydrogens (tertiary/aromatic N) is 4. The third-order valence-corrected chi connectivity index (χ3v) is 8.24. The Morgan fingerprint density at radius 3 is 2.17 bits per heavy atom. The highest BCUT2D eigenvalue weighted by Crippen LogP contribution is 2.47. The average molecular weight is 569 g/mol. The van der Waals surface area contributed by atoms with Crippen molar-refractivity contribution in [2.75, 3.05) is 13.1 Å². The van der Waals surface area contributed by atoms with E-state index in [1.807, 2.05) is 0 Å². The number of carbonyl (C=O) groups excluding carboxylic acids is 1. The number of pyridine rings is 1. The lowest BCUT2D eigenvalue weighted by Gasteiger charge is -2.39. The number of aryl methyl sites for hydroxylation is 1. The van der Waals surface area contributed by atoms with Crippen molar-refractivity contribution in [3.63, 3.8) is 0 Å². The second-order valence-corrected chi connectivity index (χ2v) is 10.8. The molecule has 2 fully saturated rings. The second kappa shape index (κ2) is 10.4. The van der Waals surface area contributed by atoms with Crippen molar-refractivity contribution in [3.05, 3.63) is 58.8 Å². The zero-order valence-electron chi connectivity index (χ0n) is 21.9. The van der Waals surface area contributed by atoms with Crippen molar-refractivity contribution in [3.8, 4) is 0 Å². The lowest BCUT2D eigenvalue weighted by Crippen LogP contribution is -2.39. The van der Waals surface area contributed by atoms with Gasteiger partial charge in [0.15, 0.2) is 5.69 Å². The van der Waals surface area contributed by atoms with Gasteiger partial charge in [-0.2, -0.15) is 26.3 Å². The van der Waals surface area contributed by atoms with Gasteiger partial charge < -0.3 is 14.6 Å². The van der Waals surface area contributed by atoms with Gasteiger partial charge in [0.05, 0.1) is 34.9 Å². The molecule has 1 saturated heterocycles. The zero-order chi connectivity index (χ0) is 28.9. The van der Waals surface area contributed by atoms with Crippen LogP contribution in [0.5, 0.6) is 0 Å². The Balaban J connectivity index is 1.80. The summed E-state index contributed by atoms with van der Waals surface area (Å²) in [6.07, 6.45) is -2.19. The Morgan fingerprint density at radius 2 is 1.60 bits per heavy atom. The van der Waals surface area contributed by atoms with E-state index in [1.165, 1.54) is 18.6 Å². The number of piperidine rings is 1. The summed E-state index contributed by atoms with van der Waals surface area (Å²) >= 11 is 0. The fourth-order valence-electron chi connectivity index (χ4n) is 6.30. The monoisotopic (exact) mass is 568 g/mol. The van der Waals surface area contributed by atoms with Gasteiger partial charge >= 0.3 is 12.4 Å². The lowest BCUT2D eigenvalue weighted by atomic mass is 9.71. The van der Waals surface area contributed by atoms with Crippen LogP contribution in [0, 0.1) is 5.92 Å². The molecule has 0 bridgehead atoms. The van der Waals surface area contributed by atoms with Crippen LogP contribution in [0.4, 0.5) is 26.3 Å². The van der Waals surface area contributed by atoms with Crippen molar-refractivity contribution >= 4 is 16.8 Å². The van der Waals surface area contributed by atoms with Gasteiger partial charge in [-0.25, -0.2) is 9.97 Å². The van der Waals surface area contributed by atoms with Gasteiger partial charge in [0.2, 0.25) is 0 Å². The van der Waals surface area contributed by atoms with E-state index in [0.717, 1.165) is 42.7 Å². The molecule has 1 atom stereocenters. The van der Waals surface area contributed by atoms with Gasteiger partial charge in [-0.3, -0.25) is 4.79 Å². The number of alkyl halides is 6. The summed E-state index contributed by atoms with van der Waals surface area (Å²) in [4.78, 5) is 22.1. The highest BCUT2D eigenvalue weighted by atomic mass is 19.4. The molecule has 0 radical (unpaired) electrons. The van der Waals surface area contributed by atoms with Gasteiger partial charge in [0.25, 0.3) is 5.91 Å². The first-order valence-electron chi connectivity index (χ1n) is 13.4. The number of hydrogen-bond donors (Lipinski definition) is 1. The molecule has 1 amide bonds. The predicted octanol–water partition coefficient (Wildman–Crippen LogP) is 6.45. The van der Waals surface area contributed by atoms with Crippen LogP contribution in [-0.2, 0) is 25.0 Å². The number of likely N-dealkylation sites (tertiary alicyclic amines) is 1. The van der Waals surface area contributed by atoms with Gasteiger partial charge in [-0.1, -0.05) is 25.3 Å². The molecule has 3 heterocycles. The van der Waals surface area contributed by atoms with E-state index in [9.17, 15) is 36.2 Å². The molecule has 1 aromatic carbocycles. The normalized spacial score (nSPS) is 19.1. The zero-order valence-corrected chi connectivity index (χ0v) is 21.9. The number of aliphatic hydroxyl groups is 1. The highest BCUT2D eigenvalue weighted by molar-refractivity contribution is 6.02. The molecule has 216 valence electrons. The van der Waals surface area contributed by atoms with Crippen LogP contribution in [0.2, 0.25) is 0 Å². The van der Waals surface area contributed by atoms with Crippen molar-refractivity contribution in [2.24, 2.45) is 13.0 Å². The number of hydrogen-bond acceptors (Lipinski definition) is 4. The van der Waals surface area contributed by atoms with E-state index in [-0.39, 0.29) is 24.6 Å². The van der Waals surface area contributed by atoms with Crippen LogP contribution in [0.3, 0.4) is 0 Å². The maximum Gasteiger partial charge on any atom is 0.434 e. The Bertz CT molecular complexity index is 1400. The maximum absolute atomic E-state index is 14.8. The summed E-state index contributed by atoms with van der Waals surface area (Å²) < 4.78 is 88.3. The largest absolute Gasteiger partial charge is 0.434 e. The Kier molecular flexibility index (Phi) is 7.35. The summed E-state index contributed by atoms with van der Waals surface area (Å²) in [7, 11) is 1.66. The minimum atomic E-state index is -5.31. The smallest absolute Gasteiger partial charge is 0.378 e. The van der Waals surface area contributed by atoms with Gasteiger partial charge in [-0.15, -0.1) is 0 Å².